The van der Waals surface area contributed by atoms with E-state index >= 15 is 0 Å². The van der Waals surface area contributed by atoms with Crippen LogP contribution in [0.1, 0.15) is 23.6 Å². The summed E-state index contributed by atoms with van der Waals surface area (Å²) < 4.78 is 44.1. The molecule has 1 N–H and O–H groups in total. The zero-order valence-electron chi connectivity index (χ0n) is 17.4. The van der Waals surface area contributed by atoms with E-state index in [4.69, 9.17) is 0 Å². The number of anilines is 2. The van der Waals surface area contributed by atoms with Crippen molar-refractivity contribution in [2.24, 2.45) is 5.92 Å². The fourth-order valence-electron chi connectivity index (χ4n) is 3.53. The second-order valence-electron chi connectivity index (χ2n) is 7.80. The van der Waals surface area contributed by atoms with Gasteiger partial charge in [-0.15, -0.1) is 0 Å². The zero-order chi connectivity index (χ0) is 22.9. The minimum Gasteiger partial charge on any atom is -0.356 e. The lowest BCUT2D eigenvalue weighted by atomic mass is 9.98. The van der Waals surface area contributed by atoms with Crippen LogP contribution in [0.2, 0.25) is 0 Å². The van der Waals surface area contributed by atoms with E-state index in [9.17, 15) is 18.4 Å². The number of alkyl halides is 3. The molecule has 2 aromatic heterocycles. The Hall–Kier alpha value is -3.25. The summed E-state index contributed by atoms with van der Waals surface area (Å²) in [5.74, 6) is 1.81. The van der Waals surface area contributed by atoms with Gasteiger partial charge < -0.3 is 9.62 Å². The molecule has 9 heteroatoms. The second kappa shape index (κ2) is 8.71. The van der Waals surface area contributed by atoms with Crippen LogP contribution in [0.25, 0.3) is 11.3 Å². The second-order valence-corrected chi connectivity index (χ2v) is 8.68. The first-order chi connectivity index (χ1) is 15.2. The van der Waals surface area contributed by atoms with Crippen LogP contribution in [0.4, 0.5) is 24.8 Å². The molecule has 164 valence electrons. The van der Waals surface area contributed by atoms with E-state index in [0.717, 1.165) is 29.9 Å². The average molecular weight is 456 g/mol. The molecule has 3 heterocycles. The summed E-state index contributed by atoms with van der Waals surface area (Å²) in [6.07, 6.45) is -2.86. The minimum atomic E-state index is -4.57. The Labute approximate surface area is 188 Å². The van der Waals surface area contributed by atoms with E-state index in [0.29, 0.717) is 11.5 Å². The van der Waals surface area contributed by atoms with E-state index in [1.807, 2.05) is 18.2 Å². The van der Waals surface area contributed by atoms with Crippen LogP contribution in [0.3, 0.4) is 0 Å². The Balaban J connectivity index is 1.62. The Morgan fingerprint density at radius 3 is 2.62 bits per heavy atom. The molecule has 1 aromatic carbocycles. The van der Waals surface area contributed by atoms with Crippen LogP contribution in [0.15, 0.2) is 53.6 Å². The fourth-order valence-corrected chi connectivity index (χ4v) is 4.16. The van der Waals surface area contributed by atoms with Gasteiger partial charge >= 0.3 is 6.18 Å². The number of nitriles is 1. The number of aryl methyl sites for hydroxylation is 1. The number of halogens is 3. The SMILES string of the molecule is Cc1ccc(C#N)cc1-c1nc(NSc2ccnc(N3CC(C)C3)c2)ccc1C(F)(F)F. The van der Waals surface area contributed by atoms with Crippen LogP contribution in [-0.4, -0.2) is 23.1 Å². The van der Waals surface area contributed by atoms with Gasteiger partial charge in [0.25, 0.3) is 0 Å². The number of rotatable bonds is 5. The van der Waals surface area contributed by atoms with Crippen molar-refractivity contribution in [3.63, 3.8) is 0 Å². The summed E-state index contributed by atoms with van der Waals surface area (Å²) in [5.41, 5.74) is 0.113. The van der Waals surface area contributed by atoms with Crippen LogP contribution < -0.4 is 9.62 Å². The normalized spacial score (nSPS) is 14.1. The van der Waals surface area contributed by atoms with Gasteiger partial charge in [-0.2, -0.15) is 18.4 Å². The summed E-state index contributed by atoms with van der Waals surface area (Å²) in [7, 11) is 0. The van der Waals surface area contributed by atoms with Gasteiger partial charge in [-0.1, -0.05) is 13.0 Å². The Kier molecular flexibility index (Phi) is 5.98. The molecule has 1 saturated heterocycles. The van der Waals surface area contributed by atoms with E-state index in [1.54, 1.807) is 25.3 Å². The van der Waals surface area contributed by atoms with Gasteiger partial charge in [-0.25, -0.2) is 9.97 Å². The summed E-state index contributed by atoms with van der Waals surface area (Å²) in [6, 6.07) is 12.7. The average Bonchev–Trinajstić information content (AvgIpc) is 2.75. The fraction of sp³-hybridized carbons (Fsp3) is 0.261. The molecule has 0 saturated carbocycles. The first kappa shape index (κ1) is 22.0. The maximum Gasteiger partial charge on any atom is 0.418 e. The lowest BCUT2D eigenvalue weighted by Crippen LogP contribution is -2.45. The lowest BCUT2D eigenvalue weighted by molar-refractivity contribution is -0.137. The molecule has 0 bridgehead atoms. The molecule has 0 amide bonds. The van der Waals surface area contributed by atoms with Crippen molar-refractivity contribution in [3.05, 3.63) is 65.4 Å². The third-order valence-electron chi connectivity index (χ3n) is 5.20. The number of hydrogen-bond donors (Lipinski definition) is 1. The summed E-state index contributed by atoms with van der Waals surface area (Å²) in [4.78, 5) is 11.7. The summed E-state index contributed by atoms with van der Waals surface area (Å²) in [6.45, 7) is 5.79. The van der Waals surface area contributed by atoms with Gasteiger partial charge in [-0.05, 0) is 66.8 Å². The maximum atomic E-state index is 13.7. The minimum absolute atomic E-state index is 0.206. The highest BCUT2D eigenvalue weighted by atomic mass is 32.2. The van der Waals surface area contributed by atoms with Crippen LogP contribution in [0, 0.1) is 24.2 Å². The molecule has 3 aromatic rings. The molecule has 0 unspecified atom stereocenters. The zero-order valence-corrected chi connectivity index (χ0v) is 18.3. The number of nitrogens with zero attached hydrogens (tertiary/aromatic N) is 4. The molecule has 1 aliphatic rings. The number of hydrogen-bond acceptors (Lipinski definition) is 6. The van der Waals surface area contributed by atoms with Gasteiger partial charge in [-0.3, -0.25) is 0 Å². The quantitative estimate of drug-likeness (QED) is 0.482. The standard InChI is InChI=1S/C23H20F3N5S/c1-14-12-31(13-14)21-10-17(7-8-28-21)32-30-20-6-5-19(23(24,25)26)22(29-20)18-9-16(11-27)4-3-15(18)2/h3-10,14H,12-13H2,1-2H3,(H,29,30). The van der Waals surface area contributed by atoms with Crippen molar-refractivity contribution in [1.29, 1.82) is 5.26 Å². The van der Waals surface area contributed by atoms with Crippen molar-refractivity contribution < 1.29 is 13.2 Å². The first-order valence-electron chi connectivity index (χ1n) is 9.98. The van der Waals surface area contributed by atoms with Crippen molar-refractivity contribution in [2.75, 3.05) is 22.7 Å². The Bertz CT molecular complexity index is 1180. The molecule has 0 radical (unpaired) electrons. The molecule has 0 atom stereocenters. The van der Waals surface area contributed by atoms with Gasteiger partial charge in [0.2, 0.25) is 0 Å². The topological polar surface area (TPSA) is 64.8 Å². The highest BCUT2D eigenvalue weighted by molar-refractivity contribution is 8.00. The van der Waals surface area contributed by atoms with Gasteiger partial charge in [0.05, 0.1) is 22.9 Å². The molecular formula is C23H20F3N5S. The van der Waals surface area contributed by atoms with Crippen molar-refractivity contribution in [3.8, 4) is 17.3 Å². The van der Waals surface area contributed by atoms with Gasteiger partial charge in [0, 0.05) is 29.7 Å². The van der Waals surface area contributed by atoms with Crippen LogP contribution >= 0.6 is 11.9 Å². The first-order valence-corrected chi connectivity index (χ1v) is 10.8. The Morgan fingerprint density at radius 2 is 1.94 bits per heavy atom. The summed E-state index contributed by atoms with van der Waals surface area (Å²) >= 11 is 1.26. The summed E-state index contributed by atoms with van der Waals surface area (Å²) in [5, 5.41) is 9.17. The van der Waals surface area contributed by atoms with Gasteiger partial charge in [0.15, 0.2) is 0 Å². The van der Waals surface area contributed by atoms with Crippen molar-refractivity contribution in [1.82, 2.24) is 9.97 Å². The van der Waals surface area contributed by atoms with Crippen LogP contribution in [0.5, 0.6) is 0 Å². The largest absolute Gasteiger partial charge is 0.418 e. The molecule has 5 nitrogen and oxygen atoms in total. The number of benzene rings is 1. The predicted octanol–water partition coefficient (Wildman–Crippen LogP) is 5.92. The number of aromatic nitrogens is 2. The Morgan fingerprint density at radius 1 is 1.16 bits per heavy atom. The molecule has 0 aliphatic carbocycles. The van der Waals surface area contributed by atoms with E-state index < -0.39 is 11.7 Å². The maximum absolute atomic E-state index is 13.7. The molecule has 1 aliphatic heterocycles. The third kappa shape index (κ3) is 4.65. The predicted molar refractivity (Wildman–Crippen MR) is 119 cm³/mol. The lowest BCUT2D eigenvalue weighted by Gasteiger charge is -2.38. The van der Waals surface area contributed by atoms with Gasteiger partial charge in [0.1, 0.15) is 11.6 Å². The van der Waals surface area contributed by atoms with Crippen LogP contribution in [-0.2, 0) is 6.18 Å². The van der Waals surface area contributed by atoms with E-state index in [1.165, 1.54) is 24.1 Å². The number of pyridine rings is 2. The molecule has 1 fully saturated rings. The molecule has 0 spiro atoms. The number of nitrogens with one attached hydrogen (secondary N) is 1. The molecule has 4 rings (SSSR count). The molecule has 32 heavy (non-hydrogen) atoms. The molecular weight excluding hydrogens is 435 g/mol. The third-order valence-corrected chi connectivity index (χ3v) is 6.00. The highest BCUT2D eigenvalue weighted by Gasteiger charge is 2.35. The van der Waals surface area contributed by atoms with E-state index in [-0.39, 0.29) is 22.6 Å². The van der Waals surface area contributed by atoms with Crippen molar-refractivity contribution in [2.45, 2.75) is 24.9 Å². The smallest absolute Gasteiger partial charge is 0.356 e. The van der Waals surface area contributed by atoms with E-state index in [2.05, 4.69) is 26.5 Å². The monoisotopic (exact) mass is 455 g/mol. The highest BCUT2D eigenvalue weighted by Crippen LogP contribution is 2.38. The van der Waals surface area contributed by atoms with Crippen molar-refractivity contribution >= 4 is 23.6 Å².